The van der Waals surface area contributed by atoms with E-state index < -0.39 is 11.9 Å². The first kappa shape index (κ1) is 15.9. The average molecular weight is 339 g/mol. The Bertz CT molecular complexity index is 808. The lowest BCUT2D eigenvalue weighted by Crippen LogP contribution is -2.40. The van der Waals surface area contributed by atoms with E-state index in [0.717, 1.165) is 24.0 Å². The molecule has 25 heavy (non-hydrogen) atoms. The Hall–Kier alpha value is -2.63. The number of carbonyl (C=O) groups excluding carboxylic acids is 1. The fourth-order valence-electron chi connectivity index (χ4n) is 3.96. The Labute approximate surface area is 146 Å². The smallest absolute Gasteiger partial charge is 0.312 e. The fourth-order valence-corrected chi connectivity index (χ4v) is 3.96. The third-order valence-corrected chi connectivity index (χ3v) is 5.31. The highest BCUT2D eigenvalue weighted by Gasteiger charge is 2.33. The van der Waals surface area contributed by atoms with Crippen molar-refractivity contribution in [2.45, 2.75) is 44.2 Å². The molecule has 0 bridgehead atoms. The predicted molar refractivity (Wildman–Crippen MR) is 91.3 cm³/mol. The van der Waals surface area contributed by atoms with Crippen molar-refractivity contribution in [2.75, 3.05) is 6.54 Å². The van der Waals surface area contributed by atoms with Crippen molar-refractivity contribution in [1.29, 1.82) is 0 Å². The maximum absolute atomic E-state index is 12.9. The summed E-state index contributed by atoms with van der Waals surface area (Å²) in [6, 6.07) is 9.58. The zero-order valence-electron chi connectivity index (χ0n) is 14.0. The lowest BCUT2D eigenvalue weighted by Gasteiger charge is -2.32. The number of rotatable bonds is 3. The molecule has 4 rings (SSSR count). The lowest BCUT2D eigenvalue weighted by atomic mass is 9.89. The van der Waals surface area contributed by atoms with Crippen molar-refractivity contribution in [3.8, 4) is 0 Å². The summed E-state index contributed by atoms with van der Waals surface area (Å²) in [5, 5.41) is 14.0. The maximum atomic E-state index is 12.9. The van der Waals surface area contributed by atoms with Crippen molar-refractivity contribution in [2.24, 2.45) is 0 Å². The van der Waals surface area contributed by atoms with Gasteiger partial charge in [0, 0.05) is 19.3 Å². The highest BCUT2D eigenvalue weighted by molar-refractivity contribution is 5.93. The van der Waals surface area contributed by atoms with Crippen LogP contribution < -0.4 is 0 Å². The van der Waals surface area contributed by atoms with E-state index in [0.29, 0.717) is 18.3 Å². The van der Waals surface area contributed by atoms with Crippen molar-refractivity contribution in [3.05, 3.63) is 53.3 Å². The molecule has 1 fully saturated rings. The molecule has 1 saturated carbocycles. The van der Waals surface area contributed by atoms with E-state index in [-0.39, 0.29) is 12.5 Å². The second kappa shape index (κ2) is 6.35. The predicted octanol–water partition coefficient (Wildman–Crippen LogP) is 2.82. The topological polar surface area (TPSA) is 75.4 Å². The Balaban J connectivity index is 1.57. The number of carboxylic acids is 1. The minimum absolute atomic E-state index is 0.182. The summed E-state index contributed by atoms with van der Waals surface area (Å²) in [4.78, 5) is 26.1. The summed E-state index contributed by atoms with van der Waals surface area (Å²) in [7, 11) is 0. The molecular formula is C19H21N3O3. The molecule has 1 aromatic carbocycles. The van der Waals surface area contributed by atoms with Crippen molar-refractivity contribution in [3.63, 3.8) is 0 Å². The first-order chi connectivity index (χ1) is 12.1. The molecule has 1 aliphatic heterocycles. The van der Waals surface area contributed by atoms with Crippen LogP contribution in [0.3, 0.4) is 0 Å². The summed E-state index contributed by atoms with van der Waals surface area (Å²) in [5.41, 5.74) is 2.09. The summed E-state index contributed by atoms with van der Waals surface area (Å²) < 4.78 is 1.90. The van der Waals surface area contributed by atoms with Crippen LogP contribution in [0.15, 0.2) is 36.5 Å². The van der Waals surface area contributed by atoms with E-state index in [9.17, 15) is 14.7 Å². The molecule has 1 aliphatic carbocycles. The van der Waals surface area contributed by atoms with Crippen LogP contribution >= 0.6 is 0 Å². The number of aliphatic carboxylic acids is 1. The molecule has 6 heteroatoms. The number of carbonyl (C=O) groups is 2. The maximum Gasteiger partial charge on any atom is 0.312 e. The zero-order chi connectivity index (χ0) is 17.4. The number of benzene rings is 1. The molecule has 0 radical (unpaired) electrons. The van der Waals surface area contributed by atoms with E-state index in [1.54, 1.807) is 11.0 Å². The summed E-state index contributed by atoms with van der Waals surface area (Å²) >= 11 is 0. The molecule has 1 atom stereocenters. The summed E-state index contributed by atoms with van der Waals surface area (Å²) in [5.74, 6) is -1.79. The molecule has 0 spiro atoms. The van der Waals surface area contributed by atoms with E-state index >= 15 is 0 Å². The fraction of sp³-hybridized carbons (Fsp3) is 0.421. The van der Waals surface area contributed by atoms with Crippen LogP contribution in [0, 0.1) is 0 Å². The van der Waals surface area contributed by atoms with Gasteiger partial charge in [-0.15, -0.1) is 0 Å². The van der Waals surface area contributed by atoms with Gasteiger partial charge in [0.05, 0.1) is 12.0 Å². The number of amides is 1. The third kappa shape index (κ3) is 2.92. The Kier molecular flexibility index (Phi) is 4.03. The van der Waals surface area contributed by atoms with Crippen LogP contribution in [-0.2, 0) is 11.3 Å². The first-order valence-corrected chi connectivity index (χ1v) is 8.78. The van der Waals surface area contributed by atoms with E-state index in [1.807, 2.05) is 35.1 Å². The van der Waals surface area contributed by atoms with E-state index in [2.05, 4.69) is 5.10 Å². The molecular weight excluding hydrogens is 318 g/mol. The highest BCUT2D eigenvalue weighted by atomic mass is 16.4. The summed E-state index contributed by atoms with van der Waals surface area (Å²) in [6.45, 7) is 0.608. The van der Waals surface area contributed by atoms with Crippen molar-refractivity contribution >= 4 is 11.9 Å². The standard InChI is InChI=1S/C19H21N3O3/c23-18(17-9-10-22(20-17)14-6-2-3-7-14)21-11-13-5-1-4-8-15(13)16(12-21)19(24)25/h1,4-5,8-10,14,16H,2-3,6-7,11-12H2,(H,24,25)/t16-/m0/s1. The number of hydrogen-bond acceptors (Lipinski definition) is 3. The van der Waals surface area contributed by atoms with Gasteiger partial charge in [0.1, 0.15) is 5.69 Å². The highest BCUT2D eigenvalue weighted by Crippen LogP contribution is 2.31. The number of carboxylic acid groups (broad SMARTS) is 1. The second-order valence-corrected chi connectivity index (χ2v) is 6.89. The van der Waals surface area contributed by atoms with Crippen molar-refractivity contribution < 1.29 is 14.7 Å². The SMILES string of the molecule is O=C(O)[C@H]1CN(C(=O)c2ccn(C3CCCC3)n2)Cc2ccccc21. The average Bonchev–Trinajstić information content (AvgIpc) is 3.31. The second-order valence-electron chi connectivity index (χ2n) is 6.89. The minimum atomic E-state index is -0.901. The number of aromatic nitrogens is 2. The van der Waals surface area contributed by atoms with Gasteiger partial charge < -0.3 is 10.0 Å². The van der Waals surface area contributed by atoms with Gasteiger partial charge in [-0.2, -0.15) is 5.10 Å². The van der Waals surface area contributed by atoms with Gasteiger partial charge >= 0.3 is 5.97 Å². The third-order valence-electron chi connectivity index (χ3n) is 5.31. The molecule has 0 unspecified atom stereocenters. The van der Waals surface area contributed by atoms with Gasteiger partial charge in [-0.25, -0.2) is 0 Å². The van der Waals surface area contributed by atoms with E-state index in [1.165, 1.54) is 12.8 Å². The zero-order valence-corrected chi connectivity index (χ0v) is 14.0. The molecule has 2 aliphatic rings. The number of nitrogens with zero attached hydrogens (tertiary/aromatic N) is 3. The van der Waals surface area contributed by atoms with Gasteiger partial charge in [0.15, 0.2) is 0 Å². The molecule has 1 N–H and O–H groups in total. The van der Waals surface area contributed by atoms with Gasteiger partial charge in [-0.1, -0.05) is 37.1 Å². The van der Waals surface area contributed by atoms with E-state index in [4.69, 9.17) is 0 Å². The summed E-state index contributed by atoms with van der Waals surface area (Å²) in [6.07, 6.45) is 6.49. The van der Waals surface area contributed by atoms with Crippen LogP contribution in [0.2, 0.25) is 0 Å². The molecule has 130 valence electrons. The molecule has 1 amide bonds. The van der Waals surface area contributed by atoms with Crippen LogP contribution in [0.1, 0.15) is 59.3 Å². The van der Waals surface area contributed by atoms with Gasteiger partial charge in [0.2, 0.25) is 0 Å². The molecule has 2 heterocycles. The molecule has 1 aromatic heterocycles. The molecule has 0 saturated heterocycles. The minimum Gasteiger partial charge on any atom is -0.481 e. The van der Waals surface area contributed by atoms with Crippen LogP contribution in [0.4, 0.5) is 0 Å². The van der Waals surface area contributed by atoms with Crippen LogP contribution in [0.5, 0.6) is 0 Å². The molecule has 2 aromatic rings. The number of fused-ring (bicyclic) bond motifs is 1. The van der Waals surface area contributed by atoms with Crippen LogP contribution in [-0.4, -0.2) is 38.2 Å². The molecule has 6 nitrogen and oxygen atoms in total. The quantitative estimate of drug-likeness (QED) is 0.933. The van der Waals surface area contributed by atoms with Gasteiger partial charge in [-0.05, 0) is 30.0 Å². The normalized spacial score (nSPS) is 20.5. The monoisotopic (exact) mass is 339 g/mol. The van der Waals surface area contributed by atoms with Gasteiger partial charge in [0.25, 0.3) is 5.91 Å². The Morgan fingerprint density at radius 3 is 2.64 bits per heavy atom. The largest absolute Gasteiger partial charge is 0.481 e. The lowest BCUT2D eigenvalue weighted by molar-refractivity contribution is -0.139. The Morgan fingerprint density at radius 2 is 1.88 bits per heavy atom. The first-order valence-electron chi connectivity index (χ1n) is 8.78. The van der Waals surface area contributed by atoms with Crippen LogP contribution in [0.25, 0.3) is 0 Å². The van der Waals surface area contributed by atoms with Gasteiger partial charge in [-0.3, -0.25) is 14.3 Å². The van der Waals surface area contributed by atoms with Crippen molar-refractivity contribution in [1.82, 2.24) is 14.7 Å². The number of hydrogen-bond donors (Lipinski definition) is 1. The Morgan fingerprint density at radius 1 is 1.12 bits per heavy atom.